The van der Waals surface area contributed by atoms with E-state index in [4.69, 9.17) is 9.31 Å². The Hall–Kier alpha value is -0.0151. The van der Waals surface area contributed by atoms with Crippen LogP contribution in [0.5, 0.6) is 0 Å². The summed E-state index contributed by atoms with van der Waals surface area (Å²) in [6, 6.07) is 0. The Morgan fingerprint density at radius 2 is 1.33 bits per heavy atom. The molecule has 0 radical (unpaired) electrons. The molecule has 0 aromatic rings. The lowest BCUT2D eigenvalue weighted by Crippen LogP contribution is -2.41. The highest BCUT2D eigenvalue weighted by atomic mass is 16.7. The Labute approximate surface area is 94.9 Å². The van der Waals surface area contributed by atoms with Crippen LogP contribution in [0, 0.1) is 5.92 Å². The first-order chi connectivity index (χ1) is 6.66. The Balaban J connectivity index is 2.62. The normalized spacial score (nSPS) is 26.0. The molecule has 0 N–H and O–H groups in total. The highest BCUT2D eigenvalue weighted by Crippen LogP contribution is 2.41. The standard InChI is InChI=1S/C12H25BO2/c1-9(2)8-10(3)13-14-11(4,5)12(6,7)15-13/h9-10H,8H2,1-7H3. The van der Waals surface area contributed by atoms with Gasteiger partial charge in [-0.2, -0.15) is 0 Å². The van der Waals surface area contributed by atoms with Gasteiger partial charge in [0, 0.05) is 0 Å². The van der Waals surface area contributed by atoms with Crippen molar-refractivity contribution in [2.24, 2.45) is 5.92 Å². The monoisotopic (exact) mass is 212 g/mol. The van der Waals surface area contributed by atoms with Gasteiger partial charge in [0.15, 0.2) is 0 Å². The van der Waals surface area contributed by atoms with Gasteiger partial charge >= 0.3 is 7.12 Å². The van der Waals surface area contributed by atoms with Crippen molar-refractivity contribution in [2.45, 2.75) is 71.9 Å². The second-order valence-electron chi connectivity index (χ2n) is 6.23. The van der Waals surface area contributed by atoms with E-state index in [2.05, 4.69) is 48.5 Å². The molecule has 1 fully saturated rings. The second-order valence-corrected chi connectivity index (χ2v) is 6.23. The predicted octanol–water partition coefficient (Wildman–Crippen LogP) is 3.51. The van der Waals surface area contributed by atoms with Crippen LogP contribution in [0.3, 0.4) is 0 Å². The summed E-state index contributed by atoms with van der Waals surface area (Å²) >= 11 is 0. The van der Waals surface area contributed by atoms with Gasteiger partial charge in [-0.25, -0.2) is 0 Å². The van der Waals surface area contributed by atoms with Gasteiger partial charge in [-0.1, -0.05) is 20.8 Å². The van der Waals surface area contributed by atoms with Crippen molar-refractivity contribution in [3.05, 3.63) is 0 Å². The van der Waals surface area contributed by atoms with E-state index in [-0.39, 0.29) is 18.3 Å². The van der Waals surface area contributed by atoms with Crippen LogP contribution in [0.4, 0.5) is 0 Å². The zero-order valence-corrected chi connectivity index (χ0v) is 11.3. The quantitative estimate of drug-likeness (QED) is 0.666. The van der Waals surface area contributed by atoms with Crippen molar-refractivity contribution in [1.29, 1.82) is 0 Å². The molecular weight excluding hydrogens is 187 g/mol. The molecule has 1 unspecified atom stereocenters. The average molecular weight is 212 g/mol. The molecule has 1 saturated heterocycles. The van der Waals surface area contributed by atoms with E-state index in [1.165, 1.54) is 0 Å². The minimum atomic E-state index is -0.192. The first-order valence-corrected chi connectivity index (χ1v) is 6.01. The second kappa shape index (κ2) is 4.10. The molecule has 1 aliphatic rings. The number of hydrogen-bond acceptors (Lipinski definition) is 2. The van der Waals surface area contributed by atoms with Crippen molar-refractivity contribution >= 4 is 7.12 Å². The molecule has 1 aliphatic heterocycles. The summed E-state index contributed by atoms with van der Waals surface area (Å²) in [5.41, 5.74) is -0.383. The topological polar surface area (TPSA) is 18.5 Å². The molecule has 0 aromatic carbocycles. The Bertz CT molecular complexity index is 208. The Morgan fingerprint density at radius 3 is 1.67 bits per heavy atom. The fraction of sp³-hybridized carbons (Fsp3) is 1.00. The summed E-state index contributed by atoms with van der Waals surface area (Å²) in [5, 5.41) is 0. The van der Waals surface area contributed by atoms with Crippen molar-refractivity contribution in [2.75, 3.05) is 0 Å². The van der Waals surface area contributed by atoms with Crippen molar-refractivity contribution in [1.82, 2.24) is 0 Å². The van der Waals surface area contributed by atoms with Crippen LogP contribution in [-0.2, 0) is 9.31 Å². The fourth-order valence-electron chi connectivity index (χ4n) is 1.98. The van der Waals surface area contributed by atoms with E-state index in [9.17, 15) is 0 Å². The van der Waals surface area contributed by atoms with E-state index in [1.807, 2.05) is 0 Å². The molecule has 3 heteroatoms. The minimum absolute atomic E-state index is 0.0441. The maximum absolute atomic E-state index is 6.00. The molecule has 2 nitrogen and oxygen atoms in total. The smallest absolute Gasteiger partial charge is 0.403 e. The van der Waals surface area contributed by atoms with E-state index in [0.717, 1.165) is 6.42 Å². The third-order valence-corrected chi connectivity index (χ3v) is 3.58. The highest BCUT2D eigenvalue weighted by molar-refractivity contribution is 6.47. The zero-order valence-electron chi connectivity index (χ0n) is 11.3. The molecule has 1 atom stereocenters. The lowest BCUT2D eigenvalue weighted by Gasteiger charge is -2.32. The molecule has 88 valence electrons. The molecular formula is C12H25BO2. The van der Waals surface area contributed by atoms with Gasteiger partial charge in [-0.15, -0.1) is 0 Å². The van der Waals surface area contributed by atoms with Crippen molar-refractivity contribution in [3.63, 3.8) is 0 Å². The molecule has 15 heavy (non-hydrogen) atoms. The van der Waals surface area contributed by atoms with E-state index in [1.54, 1.807) is 0 Å². The molecule has 1 rings (SSSR count). The summed E-state index contributed by atoms with van der Waals surface area (Å²) in [5.74, 6) is 1.16. The minimum Gasteiger partial charge on any atom is -0.403 e. The maximum atomic E-state index is 6.00. The lowest BCUT2D eigenvalue weighted by atomic mass is 9.69. The summed E-state index contributed by atoms with van der Waals surface area (Å²) in [6.45, 7) is 15.1. The van der Waals surface area contributed by atoms with Gasteiger partial charge in [0.25, 0.3) is 0 Å². The molecule has 1 heterocycles. The van der Waals surface area contributed by atoms with Crippen LogP contribution >= 0.6 is 0 Å². The summed E-state index contributed by atoms with van der Waals surface area (Å²) in [4.78, 5) is 0. The zero-order chi connectivity index (χ0) is 11.9. The Kier molecular flexibility index (Phi) is 3.57. The molecule has 0 spiro atoms. The average Bonchev–Trinajstić information content (AvgIpc) is 2.20. The molecule has 0 aliphatic carbocycles. The van der Waals surface area contributed by atoms with Crippen LogP contribution in [0.15, 0.2) is 0 Å². The van der Waals surface area contributed by atoms with Gasteiger partial charge in [0.05, 0.1) is 11.2 Å². The first kappa shape index (κ1) is 13.1. The van der Waals surface area contributed by atoms with Gasteiger partial charge in [0.1, 0.15) is 0 Å². The molecule has 0 saturated carbocycles. The Morgan fingerprint density at radius 1 is 0.933 bits per heavy atom. The molecule has 0 amide bonds. The van der Waals surface area contributed by atoms with Crippen LogP contribution in [0.1, 0.15) is 54.9 Å². The van der Waals surface area contributed by atoms with Gasteiger partial charge in [0.2, 0.25) is 0 Å². The molecule has 0 bridgehead atoms. The first-order valence-electron chi connectivity index (χ1n) is 6.01. The largest absolute Gasteiger partial charge is 0.460 e. The SMILES string of the molecule is CC(C)CC(C)B1OC(C)(C)C(C)(C)O1. The third kappa shape index (κ3) is 2.76. The third-order valence-electron chi connectivity index (χ3n) is 3.58. The van der Waals surface area contributed by atoms with Crippen LogP contribution in [0.2, 0.25) is 5.82 Å². The van der Waals surface area contributed by atoms with E-state index >= 15 is 0 Å². The summed E-state index contributed by atoms with van der Waals surface area (Å²) in [6.07, 6.45) is 1.15. The van der Waals surface area contributed by atoms with Crippen molar-refractivity contribution in [3.8, 4) is 0 Å². The fourth-order valence-corrected chi connectivity index (χ4v) is 1.98. The van der Waals surface area contributed by atoms with Crippen LogP contribution < -0.4 is 0 Å². The van der Waals surface area contributed by atoms with E-state index < -0.39 is 0 Å². The van der Waals surface area contributed by atoms with Crippen LogP contribution in [-0.4, -0.2) is 18.3 Å². The predicted molar refractivity (Wildman–Crippen MR) is 65.0 cm³/mol. The number of rotatable bonds is 3. The van der Waals surface area contributed by atoms with Gasteiger partial charge < -0.3 is 9.31 Å². The summed E-state index contributed by atoms with van der Waals surface area (Å²) < 4.78 is 12.0. The van der Waals surface area contributed by atoms with Gasteiger partial charge in [-0.3, -0.25) is 0 Å². The summed E-state index contributed by atoms with van der Waals surface area (Å²) in [7, 11) is -0.0441. The van der Waals surface area contributed by atoms with Gasteiger partial charge in [-0.05, 0) is 45.9 Å². The number of hydrogen-bond donors (Lipinski definition) is 0. The maximum Gasteiger partial charge on any atom is 0.460 e. The lowest BCUT2D eigenvalue weighted by molar-refractivity contribution is 0.00578. The van der Waals surface area contributed by atoms with E-state index in [0.29, 0.717) is 11.7 Å². The van der Waals surface area contributed by atoms with Crippen LogP contribution in [0.25, 0.3) is 0 Å². The highest BCUT2D eigenvalue weighted by Gasteiger charge is 2.52. The van der Waals surface area contributed by atoms with Crippen molar-refractivity contribution < 1.29 is 9.31 Å². The molecule has 0 aromatic heterocycles.